The SMILES string of the molecule is CCc1nc(C(N)C(CC)CC)no1. The second-order valence-electron chi connectivity index (χ2n) is 3.50. The highest BCUT2D eigenvalue weighted by Gasteiger charge is 2.20. The Balaban J connectivity index is 2.72. The van der Waals surface area contributed by atoms with Gasteiger partial charge in [-0.25, -0.2) is 0 Å². The van der Waals surface area contributed by atoms with E-state index in [2.05, 4.69) is 24.0 Å². The van der Waals surface area contributed by atoms with Crippen LogP contribution in [0.2, 0.25) is 0 Å². The maximum absolute atomic E-state index is 6.04. The number of nitrogens with zero attached hydrogens (tertiary/aromatic N) is 2. The van der Waals surface area contributed by atoms with E-state index < -0.39 is 0 Å². The van der Waals surface area contributed by atoms with Gasteiger partial charge in [-0.2, -0.15) is 4.98 Å². The Bertz CT molecular complexity index is 268. The molecule has 0 saturated heterocycles. The lowest BCUT2D eigenvalue weighted by Crippen LogP contribution is -2.21. The standard InChI is InChI=1S/C10H19N3O/c1-4-7(5-2)9(11)10-12-8(6-3)14-13-10/h7,9H,4-6,11H2,1-3H3. The molecular weight excluding hydrogens is 178 g/mol. The van der Waals surface area contributed by atoms with Gasteiger partial charge in [-0.3, -0.25) is 0 Å². The van der Waals surface area contributed by atoms with Gasteiger partial charge in [-0.1, -0.05) is 38.8 Å². The molecule has 0 radical (unpaired) electrons. The van der Waals surface area contributed by atoms with Crippen molar-refractivity contribution in [1.29, 1.82) is 0 Å². The van der Waals surface area contributed by atoms with Crippen molar-refractivity contribution >= 4 is 0 Å². The van der Waals surface area contributed by atoms with Crippen molar-refractivity contribution in [3.63, 3.8) is 0 Å². The van der Waals surface area contributed by atoms with E-state index in [4.69, 9.17) is 10.3 Å². The third-order valence-electron chi connectivity index (χ3n) is 2.64. The Morgan fingerprint density at radius 3 is 2.36 bits per heavy atom. The van der Waals surface area contributed by atoms with E-state index in [9.17, 15) is 0 Å². The number of hydrogen-bond acceptors (Lipinski definition) is 4. The van der Waals surface area contributed by atoms with E-state index >= 15 is 0 Å². The molecule has 2 N–H and O–H groups in total. The molecule has 1 heterocycles. The average Bonchev–Trinajstić information content (AvgIpc) is 2.67. The van der Waals surface area contributed by atoms with Gasteiger partial charge in [0.15, 0.2) is 5.82 Å². The summed E-state index contributed by atoms with van der Waals surface area (Å²) in [5.41, 5.74) is 6.04. The van der Waals surface area contributed by atoms with Gasteiger partial charge in [0.25, 0.3) is 0 Å². The first-order chi connectivity index (χ1) is 6.72. The number of rotatable bonds is 5. The van der Waals surface area contributed by atoms with E-state index in [1.165, 1.54) is 0 Å². The highest BCUT2D eigenvalue weighted by atomic mass is 16.5. The largest absolute Gasteiger partial charge is 0.339 e. The van der Waals surface area contributed by atoms with Crippen molar-refractivity contribution in [3.05, 3.63) is 11.7 Å². The zero-order chi connectivity index (χ0) is 10.6. The molecule has 1 unspecified atom stereocenters. The van der Waals surface area contributed by atoms with Crippen LogP contribution in [0.4, 0.5) is 0 Å². The maximum Gasteiger partial charge on any atom is 0.226 e. The van der Waals surface area contributed by atoms with Gasteiger partial charge in [0.2, 0.25) is 5.89 Å². The molecule has 0 amide bonds. The first kappa shape index (κ1) is 11.2. The molecule has 0 aliphatic carbocycles. The van der Waals surface area contributed by atoms with Crippen LogP contribution in [-0.2, 0) is 6.42 Å². The van der Waals surface area contributed by atoms with Gasteiger partial charge in [0.05, 0.1) is 6.04 Å². The highest BCUT2D eigenvalue weighted by Crippen LogP contribution is 2.22. The summed E-state index contributed by atoms with van der Waals surface area (Å²) in [6, 6.07) is -0.0888. The summed E-state index contributed by atoms with van der Waals surface area (Å²) >= 11 is 0. The molecule has 80 valence electrons. The third kappa shape index (κ3) is 2.32. The van der Waals surface area contributed by atoms with E-state index in [0.29, 0.717) is 17.6 Å². The van der Waals surface area contributed by atoms with Crippen LogP contribution in [-0.4, -0.2) is 10.1 Å². The van der Waals surface area contributed by atoms with Crippen LogP contribution < -0.4 is 5.73 Å². The van der Waals surface area contributed by atoms with Gasteiger partial charge >= 0.3 is 0 Å². The number of aryl methyl sites for hydroxylation is 1. The monoisotopic (exact) mass is 197 g/mol. The van der Waals surface area contributed by atoms with Crippen LogP contribution in [0.1, 0.15) is 51.4 Å². The molecule has 1 atom stereocenters. The minimum atomic E-state index is -0.0888. The zero-order valence-corrected chi connectivity index (χ0v) is 9.16. The Hall–Kier alpha value is -0.900. The Morgan fingerprint density at radius 2 is 1.93 bits per heavy atom. The molecule has 0 saturated carbocycles. The molecule has 1 aromatic heterocycles. The predicted octanol–water partition coefficient (Wildman–Crippen LogP) is 2.07. The van der Waals surface area contributed by atoms with Crippen molar-refractivity contribution in [1.82, 2.24) is 10.1 Å². The average molecular weight is 197 g/mol. The molecule has 0 aromatic carbocycles. The highest BCUT2D eigenvalue weighted by molar-refractivity contribution is 4.95. The van der Waals surface area contributed by atoms with Crippen LogP contribution in [0.15, 0.2) is 4.52 Å². The first-order valence-electron chi connectivity index (χ1n) is 5.30. The van der Waals surface area contributed by atoms with Crippen molar-refractivity contribution in [3.8, 4) is 0 Å². The summed E-state index contributed by atoms with van der Waals surface area (Å²) in [5, 5.41) is 3.89. The van der Waals surface area contributed by atoms with Crippen LogP contribution in [0.3, 0.4) is 0 Å². The maximum atomic E-state index is 6.04. The Labute approximate surface area is 84.9 Å². The van der Waals surface area contributed by atoms with Gasteiger partial charge in [-0.15, -0.1) is 0 Å². The predicted molar refractivity (Wildman–Crippen MR) is 54.7 cm³/mol. The number of nitrogens with two attached hydrogens (primary N) is 1. The molecule has 0 aliphatic rings. The second kappa shape index (κ2) is 5.10. The molecule has 4 heteroatoms. The summed E-state index contributed by atoms with van der Waals surface area (Å²) in [7, 11) is 0. The van der Waals surface area contributed by atoms with Crippen LogP contribution in [0, 0.1) is 5.92 Å². The molecule has 0 bridgehead atoms. The molecule has 1 rings (SSSR count). The minimum Gasteiger partial charge on any atom is -0.339 e. The van der Waals surface area contributed by atoms with Crippen molar-refractivity contribution < 1.29 is 4.52 Å². The summed E-state index contributed by atoms with van der Waals surface area (Å²) in [6.07, 6.45) is 2.87. The van der Waals surface area contributed by atoms with E-state index in [0.717, 1.165) is 19.3 Å². The molecule has 0 aliphatic heterocycles. The van der Waals surface area contributed by atoms with Crippen molar-refractivity contribution in [2.45, 2.75) is 46.1 Å². The molecule has 1 aromatic rings. The van der Waals surface area contributed by atoms with Gasteiger partial charge in [0, 0.05) is 6.42 Å². The summed E-state index contributed by atoms with van der Waals surface area (Å²) in [6.45, 7) is 6.25. The van der Waals surface area contributed by atoms with Crippen LogP contribution >= 0.6 is 0 Å². The molecule has 0 fully saturated rings. The van der Waals surface area contributed by atoms with Crippen LogP contribution in [0.5, 0.6) is 0 Å². The summed E-state index contributed by atoms with van der Waals surface area (Å²) < 4.78 is 5.03. The fraction of sp³-hybridized carbons (Fsp3) is 0.800. The molecule has 0 spiro atoms. The zero-order valence-electron chi connectivity index (χ0n) is 9.16. The fourth-order valence-electron chi connectivity index (χ4n) is 1.55. The van der Waals surface area contributed by atoms with Gasteiger partial charge in [-0.05, 0) is 5.92 Å². The summed E-state index contributed by atoms with van der Waals surface area (Å²) in [5.74, 6) is 1.76. The van der Waals surface area contributed by atoms with Gasteiger partial charge < -0.3 is 10.3 Å². The lowest BCUT2D eigenvalue weighted by atomic mass is 9.94. The van der Waals surface area contributed by atoms with Crippen molar-refractivity contribution in [2.75, 3.05) is 0 Å². The lowest BCUT2D eigenvalue weighted by Gasteiger charge is -2.17. The van der Waals surface area contributed by atoms with E-state index in [1.807, 2.05) is 6.92 Å². The second-order valence-corrected chi connectivity index (χ2v) is 3.50. The quantitative estimate of drug-likeness (QED) is 0.784. The Kier molecular flexibility index (Phi) is 4.07. The van der Waals surface area contributed by atoms with Crippen LogP contribution in [0.25, 0.3) is 0 Å². The van der Waals surface area contributed by atoms with E-state index in [-0.39, 0.29) is 6.04 Å². The summed E-state index contributed by atoms with van der Waals surface area (Å²) in [4.78, 5) is 4.24. The topological polar surface area (TPSA) is 64.9 Å². The first-order valence-corrected chi connectivity index (χ1v) is 5.30. The fourth-order valence-corrected chi connectivity index (χ4v) is 1.55. The lowest BCUT2D eigenvalue weighted by molar-refractivity contribution is 0.349. The molecule has 14 heavy (non-hydrogen) atoms. The van der Waals surface area contributed by atoms with Crippen molar-refractivity contribution in [2.24, 2.45) is 11.7 Å². The molecular formula is C10H19N3O. The number of aromatic nitrogens is 2. The molecule has 4 nitrogen and oxygen atoms in total. The third-order valence-corrected chi connectivity index (χ3v) is 2.64. The minimum absolute atomic E-state index is 0.0888. The van der Waals surface area contributed by atoms with E-state index in [1.54, 1.807) is 0 Å². The number of hydrogen-bond donors (Lipinski definition) is 1. The smallest absolute Gasteiger partial charge is 0.226 e. The Morgan fingerprint density at radius 1 is 1.29 bits per heavy atom. The normalized spacial score (nSPS) is 13.5. The van der Waals surface area contributed by atoms with Gasteiger partial charge in [0.1, 0.15) is 0 Å².